The largest absolute Gasteiger partial charge is 0.325 e. The molecule has 1 aromatic carbocycles. The van der Waals surface area contributed by atoms with E-state index in [0.29, 0.717) is 12.6 Å². The molecule has 0 spiro atoms. The highest BCUT2D eigenvalue weighted by atomic mass is 16.2. The molecule has 1 atom stereocenters. The molecule has 0 radical (unpaired) electrons. The molecule has 0 aliphatic carbocycles. The summed E-state index contributed by atoms with van der Waals surface area (Å²) >= 11 is 0. The first-order chi connectivity index (χ1) is 8.65. The number of hydrogen-bond donors (Lipinski definition) is 2. The molecule has 2 rings (SSSR count). The number of hydrogen-bond acceptors (Lipinski definition) is 3. The maximum atomic E-state index is 11.9. The number of benzene rings is 1. The van der Waals surface area contributed by atoms with Crippen LogP contribution >= 0.6 is 0 Å². The molecule has 1 aromatic rings. The van der Waals surface area contributed by atoms with Crippen LogP contribution in [0.5, 0.6) is 0 Å². The monoisotopic (exact) mass is 247 g/mol. The first kappa shape index (κ1) is 13.1. The molecular weight excluding hydrogens is 226 g/mol. The van der Waals surface area contributed by atoms with E-state index in [1.54, 1.807) is 0 Å². The Morgan fingerprint density at radius 3 is 2.83 bits per heavy atom. The lowest BCUT2D eigenvalue weighted by Gasteiger charge is -2.33. The number of carbonyl (C=O) groups excluding carboxylic acids is 1. The van der Waals surface area contributed by atoms with E-state index >= 15 is 0 Å². The van der Waals surface area contributed by atoms with Crippen molar-refractivity contribution in [2.24, 2.45) is 0 Å². The summed E-state index contributed by atoms with van der Waals surface area (Å²) in [6.07, 6.45) is 0. The first-order valence-electron chi connectivity index (χ1n) is 6.46. The highest BCUT2D eigenvalue weighted by molar-refractivity contribution is 5.92. The second kappa shape index (κ2) is 5.98. The van der Waals surface area contributed by atoms with Crippen molar-refractivity contribution in [2.45, 2.75) is 19.9 Å². The molecule has 0 bridgehead atoms. The fourth-order valence-electron chi connectivity index (χ4n) is 2.14. The predicted molar refractivity (Wildman–Crippen MR) is 73.7 cm³/mol. The van der Waals surface area contributed by atoms with Crippen molar-refractivity contribution in [3.8, 4) is 0 Å². The molecule has 2 N–H and O–H groups in total. The van der Waals surface area contributed by atoms with Crippen molar-refractivity contribution in [3.63, 3.8) is 0 Å². The molecule has 1 fully saturated rings. The highest BCUT2D eigenvalue weighted by Gasteiger charge is 2.19. The van der Waals surface area contributed by atoms with E-state index in [2.05, 4.69) is 22.5 Å². The van der Waals surface area contributed by atoms with Gasteiger partial charge in [0.05, 0.1) is 6.54 Å². The third-order valence-electron chi connectivity index (χ3n) is 3.32. The third kappa shape index (κ3) is 3.55. The number of carbonyl (C=O) groups is 1. The van der Waals surface area contributed by atoms with Gasteiger partial charge < -0.3 is 10.6 Å². The van der Waals surface area contributed by atoms with Gasteiger partial charge in [0.15, 0.2) is 0 Å². The molecule has 1 aliphatic rings. The zero-order valence-corrected chi connectivity index (χ0v) is 11.1. The SMILES string of the molecule is Cc1ccc(NC(=O)CN2CCNC[C@@H]2C)cc1. The average molecular weight is 247 g/mol. The molecule has 0 aromatic heterocycles. The zero-order valence-electron chi connectivity index (χ0n) is 11.1. The molecule has 1 aliphatic heterocycles. The number of aryl methyl sites for hydroxylation is 1. The summed E-state index contributed by atoms with van der Waals surface area (Å²) in [5.41, 5.74) is 2.07. The summed E-state index contributed by atoms with van der Waals surface area (Å²) in [7, 11) is 0. The van der Waals surface area contributed by atoms with Crippen LogP contribution in [0.4, 0.5) is 5.69 Å². The lowest BCUT2D eigenvalue weighted by atomic mass is 10.2. The van der Waals surface area contributed by atoms with Crippen LogP contribution < -0.4 is 10.6 Å². The number of anilines is 1. The Morgan fingerprint density at radius 1 is 1.44 bits per heavy atom. The summed E-state index contributed by atoms with van der Waals surface area (Å²) in [5, 5.41) is 6.26. The van der Waals surface area contributed by atoms with Crippen molar-refractivity contribution in [1.82, 2.24) is 10.2 Å². The molecule has 0 unspecified atom stereocenters. The minimum absolute atomic E-state index is 0.0626. The van der Waals surface area contributed by atoms with Gasteiger partial charge in [0.1, 0.15) is 0 Å². The van der Waals surface area contributed by atoms with Crippen LogP contribution in [0.25, 0.3) is 0 Å². The molecule has 4 heteroatoms. The second-order valence-corrected chi connectivity index (χ2v) is 4.94. The number of rotatable bonds is 3. The van der Waals surface area contributed by atoms with Gasteiger partial charge in [-0.15, -0.1) is 0 Å². The first-order valence-corrected chi connectivity index (χ1v) is 6.46. The van der Waals surface area contributed by atoms with Crippen LogP contribution in [0.2, 0.25) is 0 Å². The predicted octanol–water partition coefficient (Wildman–Crippen LogP) is 1.23. The Kier molecular flexibility index (Phi) is 4.33. The smallest absolute Gasteiger partial charge is 0.238 e. The maximum Gasteiger partial charge on any atom is 0.238 e. The molecular formula is C14H21N3O. The van der Waals surface area contributed by atoms with E-state index in [1.807, 2.05) is 31.2 Å². The highest BCUT2D eigenvalue weighted by Crippen LogP contribution is 2.09. The van der Waals surface area contributed by atoms with Crippen molar-refractivity contribution in [3.05, 3.63) is 29.8 Å². The molecule has 1 amide bonds. The lowest BCUT2D eigenvalue weighted by molar-refractivity contribution is -0.118. The molecule has 18 heavy (non-hydrogen) atoms. The molecule has 1 saturated heterocycles. The van der Waals surface area contributed by atoms with Crippen molar-refractivity contribution in [1.29, 1.82) is 0 Å². The van der Waals surface area contributed by atoms with E-state index in [9.17, 15) is 4.79 Å². The van der Waals surface area contributed by atoms with E-state index in [1.165, 1.54) is 5.56 Å². The van der Waals surface area contributed by atoms with Crippen LogP contribution in [-0.2, 0) is 4.79 Å². The summed E-state index contributed by atoms with van der Waals surface area (Å²) in [6.45, 7) is 7.50. The van der Waals surface area contributed by atoms with Gasteiger partial charge >= 0.3 is 0 Å². The topological polar surface area (TPSA) is 44.4 Å². The lowest BCUT2D eigenvalue weighted by Crippen LogP contribution is -2.51. The number of nitrogens with one attached hydrogen (secondary N) is 2. The van der Waals surface area contributed by atoms with Gasteiger partial charge in [0, 0.05) is 31.4 Å². The van der Waals surface area contributed by atoms with Crippen molar-refractivity contribution in [2.75, 3.05) is 31.5 Å². The Morgan fingerprint density at radius 2 is 2.17 bits per heavy atom. The van der Waals surface area contributed by atoms with E-state index in [4.69, 9.17) is 0 Å². The van der Waals surface area contributed by atoms with E-state index in [0.717, 1.165) is 25.3 Å². The Hall–Kier alpha value is -1.39. The zero-order chi connectivity index (χ0) is 13.0. The van der Waals surface area contributed by atoms with Gasteiger partial charge in [0.2, 0.25) is 5.91 Å². The van der Waals surface area contributed by atoms with E-state index < -0.39 is 0 Å². The van der Waals surface area contributed by atoms with Gasteiger partial charge in [-0.25, -0.2) is 0 Å². The van der Waals surface area contributed by atoms with Gasteiger partial charge in [-0.3, -0.25) is 9.69 Å². The summed E-state index contributed by atoms with van der Waals surface area (Å²) < 4.78 is 0. The van der Waals surface area contributed by atoms with Crippen LogP contribution in [0, 0.1) is 6.92 Å². The summed E-state index contributed by atoms with van der Waals surface area (Å²) in [4.78, 5) is 14.1. The fraction of sp³-hybridized carbons (Fsp3) is 0.500. The van der Waals surface area contributed by atoms with Crippen LogP contribution in [0.15, 0.2) is 24.3 Å². The Bertz CT molecular complexity index is 402. The van der Waals surface area contributed by atoms with E-state index in [-0.39, 0.29) is 5.91 Å². The third-order valence-corrected chi connectivity index (χ3v) is 3.32. The van der Waals surface area contributed by atoms with Gasteiger partial charge in [0.25, 0.3) is 0 Å². The fourth-order valence-corrected chi connectivity index (χ4v) is 2.14. The Balaban J connectivity index is 1.86. The van der Waals surface area contributed by atoms with Crippen LogP contribution in [-0.4, -0.2) is 43.0 Å². The maximum absolute atomic E-state index is 11.9. The average Bonchev–Trinajstić information content (AvgIpc) is 2.35. The normalized spacial score (nSPS) is 20.7. The standard InChI is InChI=1S/C14H21N3O/c1-11-3-5-13(6-4-11)16-14(18)10-17-8-7-15-9-12(17)2/h3-6,12,15H,7-10H2,1-2H3,(H,16,18)/t12-/m0/s1. The number of piperazine rings is 1. The van der Waals surface area contributed by atoms with Crippen molar-refractivity contribution < 1.29 is 4.79 Å². The summed E-state index contributed by atoms with van der Waals surface area (Å²) in [6, 6.07) is 8.30. The van der Waals surface area contributed by atoms with Gasteiger partial charge in [-0.1, -0.05) is 17.7 Å². The minimum atomic E-state index is 0.0626. The number of nitrogens with zero attached hydrogens (tertiary/aromatic N) is 1. The van der Waals surface area contributed by atoms with Gasteiger partial charge in [-0.05, 0) is 26.0 Å². The van der Waals surface area contributed by atoms with Gasteiger partial charge in [-0.2, -0.15) is 0 Å². The molecule has 0 saturated carbocycles. The second-order valence-electron chi connectivity index (χ2n) is 4.94. The van der Waals surface area contributed by atoms with Crippen molar-refractivity contribution >= 4 is 11.6 Å². The number of amides is 1. The minimum Gasteiger partial charge on any atom is -0.325 e. The molecule has 1 heterocycles. The van der Waals surface area contributed by atoms with Crippen LogP contribution in [0.3, 0.4) is 0 Å². The molecule has 4 nitrogen and oxygen atoms in total. The summed E-state index contributed by atoms with van der Waals surface area (Å²) in [5.74, 6) is 0.0626. The quantitative estimate of drug-likeness (QED) is 0.844. The Labute approximate surface area is 108 Å². The molecule has 98 valence electrons. The van der Waals surface area contributed by atoms with Crippen LogP contribution in [0.1, 0.15) is 12.5 Å².